The van der Waals surface area contributed by atoms with E-state index in [2.05, 4.69) is 32.9 Å². The van der Waals surface area contributed by atoms with Gasteiger partial charge in [-0.2, -0.15) is 5.26 Å². The molecule has 1 aromatic carbocycles. The Balaban J connectivity index is 2.60. The van der Waals surface area contributed by atoms with Gasteiger partial charge >= 0.3 is 0 Å². The lowest BCUT2D eigenvalue weighted by Crippen LogP contribution is -2.03. The lowest BCUT2D eigenvalue weighted by molar-refractivity contribution is 0.437. The second kappa shape index (κ2) is 5.56. The van der Waals surface area contributed by atoms with Crippen LogP contribution in [0.3, 0.4) is 0 Å². The van der Waals surface area contributed by atoms with Gasteiger partial charge in [0.1, 0.15) is 0 Å². The number of nitrogens with zero attached hydrogens (tertiary/aromatic N) is 1. The zero-order chi connectivity index (χ0) is 11.3. The van der Waals surface area contributed by atoms with E-state index >= 15 is 0 Å². The minimum absolute atomic E-state index is 0.693. The van der Waals surface area contributed by atoms with Gasteiger partial charge in [-0.25, -0.2) is 0 Å². The third-order valence-electron chi connectivity index (χ3n) is 2.51. The number of nitriles is 1. The van der Waals surface area contributed by atoms with Crippen molar-refractivity contribution in [1.82, 2.24) is 0 Å². The van der Waals surface area contributed by atoms with Gasteiger partial charge in [-0.3, -0.25) is 0 Å². The summed E-state index contributed by atoms with van der Waals surface area (Å²) in [7, 11) is 0. The first kappa shape index (κ1) is 11.8. The van der Waals surface area contributed by atoms with E-state index in [0.29, 0.717) is 5.92 Å². The molecule has 1 rings (SSSR count). The number of hydrogen-bond donors (Lipinski definition) is 0. The Morgan fingerprint density at radius 3 is 2.60 bits per heavy atom. The molecule has 1 heteroatoms. The minimum atomic E-state index is 0.693. The van der Waals surface area contributed by atoms with Gasteiger partial charge in [-0.15, -0.1) is 0 Å². The highest BCUT2D eigenvalue weighted by atomic mass is 14.2. The molecule has 0 fully saturated rings. The average Bonchev–Trinajstić information content (AvgIpc) is 2.16. The number of rotatable bonds is 4. The maximum atomic E-state index is 8.79. The summed E-state index contributed by atoms with van der Waals surface area (Å²) < 4.78 is 0. The second-order valence-corrected chi connectivity index (χ2v) is 4.75. The minimum Gasteiger partial charge on any atom is -0.192 e. The van der Waals surface area contributed by atoms with Gasteiger partial charge < -0.3 is 0 Å². The predicted molar refractivity (Wildman–Crippen MR) is 63.5 cm³/mol. The Morgan fingerprint density at radius 1 is 1.27 bits per heavy atom. The fourth-order valence-electron chi connectivity index (χ4n) is 2.06. The molecule has 0 saturated heterocycles. The SMILES string of the molecule is CC(C)CC(C)Cc1cccc(C#N)c1. The van der Waals surface area contributed by atoms with Crippen LogP contribution in [-0.4, -0.2) is 0 Å². The van der Waals surface area contributed by atoms with E-state index < -0.39 is 0 Å². The van der Waals surface area contributed by atoms with Gasteiger partial charge in [0.2, 0.25) is 0 Å². The Morgan fingerprint density at radius 2 is 2.00 bits per heavy atom. The van der Waals surface area contributed by atoms with Gasteiger partial charge in [-0.1, -0.05) is 32.9 Å². The summed E-state index contributed by atoms with van der Waals surface area (Å²) in [4.78, 5) is 0. The van der Waals surface area contributed by atoms with Crippen LogP contribution in [0, 0.1) is 23.2 Å². The van der Waals surface area contributed by atoms with Crippen LogP contribution >= 0.6 is 0 Å². The van der Waals surface area contributed by atoms with Crippen LogP contribution in [0.5, 0.6) is 0 Å². The summed E-state index contributed by atoms with van der Waals surface area (Å²) >= 11 is 0. The van der Waals surface area contributed by atoms with Crippen molar-refractivity contribution in [2.75, 3.05) is 0 Å². The molecule has 0 radical (unpaired) electrons. The maximum absolute atomic E-state index is 8.79. The van der Waals surface area contributed by atoms with Gasteiger partial charge in [0, 0.05) is 0 Å². The predicted octanol–water partition coefficient (Wildman–Crippen LogP) is 3.78. The molecule has 0 aromatic heterocycles. The standard InChI is InChI=1S/C14H19N/c1-11(2)7-12(3)8-13-5-4-6-14(9-13)10-15/h4-6,9,11-12H,7-8H2,1-3H3. The summed E-state index contributed by atoms with van der Waals surface area (Å²) in [6.07, 6.45) is 2.32. The molecule has 15 heavy (non-hydrogen) atoms. The Labute approximate surface area is 92.7 Å². The summed E-state index contributed by atoms with van der Waals surface area (Å²) in [5.74, 6) is 1.44. The molecule has 1 nitrogen and oxygen atoms in total. The smallest absolute Gasteiger partial charge is 0.0991 e. The molecule has 1 aromatic rings. The highest BCUT2D eigenvalue weighted by molar-refractivity contribution is 5.32. The van der Waals surface area contributed by atoms with Crippen LogP contribution in [0.15, 0.2) is 24.3 Å². The van der Waals surface area contributed by atoms with Gasteiger partial charge in [0.05, 0.1) is 11.6 Å². The molecule has 0 aliphatic rings. The molecule has 80 valence electrons. The van der Waals surface area contributed by atoms with E-state index in [9.17, 15) is 0 Å². The largest absolute Gasteiger partial charge is 0.192 e. The lowest BCUT2D eigenvalue weighted by atomic mass is 9.92. The molecule has 0 aliphatic heterocycles. The molecule has 1 atom stereocenters. The van der Waals surface area contributed by atoms with Crippen molar-refractivity contribution in [3.63, 3.8) is 0 Å². The molecular weight excluding hydrogens is 182 g/mol. The van der Waals surface area contributed by atoms with Gasteiger partial charge in [0.25, 0.3) is 0 Å². The fourth-order valence-corrected chi connectivity index (χ4v) is 2.06. The van der Waals surface area contributed by atoms with Crippen molar-refractivity contribution in [3.05, 3.63) is 35.4 Å². The lowest BCUT2D eigenvalue weighted by Gasteiger charge is -2.13. The number of benzene rings is 1. The molecule has 0 saturated carbocycles. The zero-order valence-electron chi connectivity index (χ0n) is 9.83. The fraction of sp³-hybridized carbons (Fsp3) is 0.500. The van der Waals surface area contributed by atoms with Crippen LogP contribution in [0.25, 0.3) is 0 Å². The Kier molecular flexibility index (Phi) is 4.37. The van der Waals surface area contributed by atoms with Crippen molar-refractivity contribution in [2.45, 2.75) is 33.6 Å². The molecule has 0 amide bonds. The van der Waals surface area contributed by atoms with Crippen LogP contribution in [-0.2, 0) is 6.42 Å². The van der Waals surface area contributed by atoms with Crippen molar-refractivity contribution < 1.29 is 0 Å². The molecule has 0 N–H and O–H groups in total. The Hall–Kier alpha value is -1.29. The first-order valence-corrected chi connectivity index (χ1v) is 5.61. The summed E-state index contributed by atoms with van der Waals surface area (Å²) in [6, 6.07) is 10.1. The maximum Gasteiger partial charge on any atom is 0.0991 e. The van der Waals surface area contributed by atoms with Crippen molar-refractivity contribution in [1.29, 1.82) is 5.26 Å². The average molecular weight is 201 g/mol. The van der Waals surface area contributed by atoms with E-state index in [1.54, 1.807) is 0 Å². The quantitative estimate of drug-likeness (QED) is 0.727. The van der Waals surface area contributed by atoms with E-state index in [-0.39, 0.29) is 0 Å². The Bertz CT molecular complexity index is 347. The van der Waals surface area contributed by atoms with Gasteiger partial charge in [0.15, 0.2) is 0 Å². The molecule has 0 aliphatic carbocycles. The van der Waals surface area contributed by atoms with E-state index in [1.807, 2.05) is 18.2 Å². The van der Waals surface area contributed by atoms with E-state index in [4.69, 9.17) is 5.26 Å². The van der Waals surface area contributed by atoms with Crippen molar-refractivity contribution in [2.24, 2.45) is 11.8 Å². The first-order valence-electron chi connectivity index (χ1n) is 5.61. The summed E-state index contributed by atoms with van der Waals surface area (Å²) in [5.41, 5.74) is 2.05. The third-order valence-corrected chi connectivity index (χ3v) is 2.51. The summed E-state index contributed by atoms with van der Waals surface area (Å²) in [5, 5.41) is 8.79. The summed E-state index contributed by atoms with van der Waals surface area (Å²) in [6.45, 7) is 6.78. The van der Waals surface area contributed by atoms with E-state index in [1.165, 1.54) is 12.0 Å². The second-order valence-electron chi connectivity index (χ2n) is 4.75. The topological polar surface area (TPSA) is 23.8 Å². The zero-order valence-corrected chi connectivity index (χ0v) is 9.83. The van der Waals surface area contributed by atoms with Crippen LogP contribution in [0.2, 0.25) is 0 Å². The normalized spacial score (nSPS) is 12.5. The highest BCUT2D eigenvalue weighted by Crippen LogP contribution is 2.17. The highest BCUT2D eigenvalue weighted by Gasteiger charge is 2.06. The third kappa shape index (κ3) is 4.16. The first-order chi connectivity index (χ1) is 7.11. The van der Waals surface area contributed by atoms with E-state index in [0.717, 1.165) is 17.9 Å². The molecule has 0 heterocycles. The monoisotopic (exact) mass is 201 g/mol. The van der Waals surface area contributed by atoms with Crippen molar-refractivity contribution >= 4 is 0 Å². The van der Waals surface area contributed by atoms with Crippen LogP contribution in [0.4, 0.5) is 0 Å². The van der Waals surface area contributed by atoms with Crippen molar-refractivity contribution in [3.8, 4) is 6.07 Å². The molecule has 1 unspecified atom stereocenters. The molecule has 0 bridgehead atoms. The molecule has 0 spiro atoms. The van der Waals surface area contributed by atoms with Gasteiger partial charge in [-0.05, 0) is 42.4 Å². The van der Waals surface area contributed by atoms with Crippen LogP contribution in [0.1, 0.15) is 38.3 Å². The molecular formula is C14H19N. The van der Waals surface area contributed by atoms with Crippen LogP contribution < -0.4 is 0 Å². The number of hydrogen-bond acceptors (Lipinski definition) is 1.